The van der Waals surface area contributed by atoms with E-state index in [4.69, 9.17) is 16.3 Å². The highest BCUT2D eigenvalue weighted by Crippen LogP contribution is 2.52. The van der Waals surface area contributed by atoms with E-state index in [1.165, 1.54) is 11.1 Å². The summed E-state index contributed by atoms with van der Waals surface area (Å²) in [7, 11) is -3.87. The van der Waals surface area contributed by atoms with E-state index in [-0.39, 0.29) is 22.3 Å². The topological polar surface area (TPSA) is 95.9 Å². The second-order valence-corrected chi connectivity index (χ2v) is 15.3. The Bertz CT molecular complexity index is 1490. The number of carbonyl (C=O) groups is 1. The molecule has 0 unspecified atom stereocenters. The van der Waals surface area contributed by atoms with Gasteiger partial charge in [0.15, 0.2) is 0 Å². The van der Waals surface area contributed by atoms with Gasteiger partial charge in [0.2, 0.25) is 10.0 Å². The smallest absolute Gasteiger partial charge is 0.264 e. The number of hydrogen-bond donors (Lipinski definition) is 2. The molecule has 220 valence electrons. The molecule has 1 amide bonds. The predicted octanol–water partition coefficient (Wildman–Crippen LogP) is 5.39. The average Bonchev–Trinajstić information content (AvgIpc) is 3.08. The minimum Gasteiger partial charge on any atom is -0.490 e. The normalized spacial score (nSPS) is 33.8. The maximum absolute atomic E-state index is 13.2. The van der Waals surface area contributed by atoms with Crippen LogP contribution in [0, 0.1) is 11.3 Å². The summed E-state index contributed by atoms with van der Waals surface area (Å²) < 4.78 is 34.7. The number of halogens is 1. The minimum atomic E-state index is -3.87. The minimum absolute atomic E-state index is 0.239. The number of nitrogens with zero attached hydrogens (tertiary/aromatic N) is 1. The lowest BCUT2D eigenvalue weighted by atomic mass is 9.58. The second kappa shape index (κ2) is 10.6. The standard InChI is InChI=1S/C32H39ClN2O5S/c1-21-6-3-4-8-29(36)31(2)15-13-24(31)18-35-19-32(14-5-7-22-16-25(33)10-11-26(22)32)20-40-28-12-9-23(17-27(28)35)30(37)34-41(21,38)39/h4,8-12,16-17,21,24,29,36H,3,5-7,13-15,18-20H2,1-2H3,(H,34,37)/b8-4+/t21-,24+,29-,31-,32+/m1/s1. The number of benzene rings is 2. The molecule has 6 rings (SSSR count). The Morgan fingerprint density at radius 3 is 2.76 bits per heavy atom. The molecule has 2 N–H and O–H groups in total. The highest BCUT2D eigenvalue weighted by atomic mass is 35.5. The number of aliphatic hydroxyl groups excluding tert-OH is 1. The fourth-order valence-electron chi connectivity index (χ4n) is 7.23. The van der Waals surface area contributed by atoms with Crippen molar-refractivity contribution in [3.05, 3.63) is 70.3 Å². The monoisotopic (exact) mass is 598 g/mol. The van der Waals surface area contributed by atoms with Crippen LogP contribution in [0.15, 0.2) is 48.6 Å². The number of allylic oxidation sites excluding steroid dienone is 1. The highest BCUT2D eigenvalue weighted by Gasteiger charge is 2.49. The Morgan fingerprint density at radius 1 is 1.15 bits per heavy atom. The maximum Gasteiger partial charge on any atom is 0.264 e. The molecule has 41 heavy (non-hydrogen) atoms. The predicted molar refractivity (Wildman–Crippen MR) is 161 cm³/mol. The van der Waals surface area contributed by atoms with Gasteiger partial charge in [-0.2, -0.15) is 0 Å². The summed E-state index contributed by atoms with van der Waals surface area (Å²) in [5.41, 5.74) is 3.01. The van der Waals surface area contributed by atoms with Crippen molar-refractivity contribution < 1.29 is 23.1 Å². The third-order valence-corrected chi connectivity index (χ3v) is 12.2. The summed E-state index contributed by atoms with van der Waals surface area (Å²) >= 11 is 6.38. The van der Waals surface area contributed by atoms with Crippen LogP contribution in [0.25, 0.3) is 0 Å². The van der Waals surface area contributed by atoms with Crippen molar-refractivity contribution >= 4 is 33.2 Å². The van der Waals surface area contributed by atoms with Gasteiger partial charge >= 0.3 is 0 Å². The second-order valence-electron chi connectivity index (χ2n) is 12.8. The number of nitrogens with one attached hydrogen (secondary N) is 1. The molecule has 2 aromatic carbocycles. The molecule has 0 radical (unpaired) electrons. The van der Waals surface area contributed by atoms with Crippen molar-refractivity contribution in [2.24, 2.45) is 11.3 Å². The van der Waals surface area contributed by atoms with Crippen LogP contribution in [0.3, 0.4) is 0 Å². The van der Waals surface area contributed by atoms with Gasteiger partial charge in [-0.25, -0.2) is 13.1 Å². The van der Waals surface area contributed by atoms with E-state index in [1.807, 2.05) is 18.2 Å². The molecule has 1 spiro atoms. The number of fused-ring (bicyclic) bond motifs is 4. The number of aryl methyl sites for hydroxylation is 1. The van der Waals surface area contributed by atoms with Gasteiger partial charge in [-0.3, -0.25) is 4.79 Å². The van der Waals surface area contributed by atoms with E-state index in [0.29, 0.717) is 38.3 Å². The van der Waals surface area contributed by atoms with E-state index in [0.717, 1.165) is 42.8 Å². The zero-order valence-electron chi connectivity index (χ0n) is 23.7. The van der Waals surface area contributed by atoms with Gasteiger partial charge < -0.3 is 14.7 Å². The van der Waals surface area contributed by atoms with Crippen LogP contribution in [0.5, 0.6) is 5.75 Å². The number of hydrogen-bond acceptors (Lipinski definition) is 6. The van der Waals surface area contributed by atoms with E-state index in [1.54, 1.807) is 25.1 Å². The molecule has 2 heterocycles. The van der Waals surface area contributed by atoms with Crippen molar-refractivity contribution in [3.8, 4) is 5.75 Å². The first-order valence-electron chi connectivity index (χ1n) is 14.7. The number of carbonyl (C=O) groups excluding carboxylic acids is 1. The van der Waals surface area contributed by atoms with Crippen molar-refractivity contribution in [2.45, 2.75) is 75.6 Å². The zero-order valence-corrected chi connectivity index (χ0v) is 25.3. The van der Waals surface area contributed by atoms with E-state index in [9.17, 15) is 18.3 Å². The Kier molecular flexibility index (Phi) is 7.40. The SMILES string of the molecule is C[C@@H]1CC/C=C/[C@@H](O)[C@]2(C)CC[C@H]2CN2C[C@@]3(CCCc4cc(Cl)ccc43)COc3ccc(cc32)C(=O)NS1(=O)=O. The lowest BCUT2D eigenvalue weighted by molar-refractivity contribution is -0.0469. The molecule has 1 fully saturated rings. The van der Waals surface area contributed by atoms with E-state index < -0.39 is 27.3 Å². The lowest BCUT2D eigenvalue weighted by Gasteiger charge is -2.52. The molecule has 0 aromatic heterocycles. The lowest BCUT2D eigenvalue weighted by Crippen LogP contribution is -2.53. The number of rotatable bonds is 0. The molecule has 2 aromatic rings. The van der Waals surface area contributed by atoms with Crippen LogP contribution < -0.4 is 14.4 Å². The summed E-state index contributed by atoms with van der Waals surface area (Å²) in [6, 6.07) is 11.4. The molecule has 2 bridgehead atoms. The van der Waals surface area contributed by atoms with E-state index in [2.05, 4.69) is 28.7 Å². The first kappa shape index (κ1) is 28.6. The summed E-state index contributed by atoms with van der Waals surface area (Å²) in [5, 5.41) is 11.3. The van der Waals surface area contributed by atoms with Crippen molar-refractivity contribution in [1.82, 2.24) is 4.72 Å². The average molecular weight is 599 g/mol. The summed E-state index contributed by atoms with van der Waals surface area (Å²) in [4.78, 5) is 15.6. The molecule has 4 aliphatic rings. The van der Waals surface area contributed by atoms with Crippen LogP contribution in [0.4, 0.5) is 5.69 Å². The third kappa shape index (κ3) is 5.17. The van der Waals surface area contributed by atoms with Gasteiger partial charge in [0, 0.05) is 34.5 Å². The van der Waals surface area contributed by atoms with Crippen LogP contribution in [-0.2, 0) is 21.9 Å². The zero-order chi connectivity index (χ0) is 29.0. The third-order valence-electron chi connectivity index (χ3n) is 10.2. The van der Waals surface area contributed by atoms with Gasteiger partial charge in [0.1, 0.15) is 5.75 Å². The van der Waals surface area contributed by atoms with Crippen LogP contribution in [0.1, 0.15) is 73.9 Å². The van der Waals surface area contributed by atoms with Crippen LogP contribution >= 0.6 is 11.6 Å². The maximum atomic E-state index is 13.2. The number of ether oxygens (including phenoxy) is 1. The van der Waals surface area contributed by atoms with Gasteiger partial charge in [-0.1, -0.05) is 36.7 Å². The Balaban J connectivity index is 1.44. The van der Waals surface area contributed by atoms with Gasteiger partial charge in [0.25, 0.3) is 5.91 Å². The van der Waals surface area contributed by atoms with Gasteiger partial charge in [-0.15, -0.1) is 0 Å². The summed E-state index contributed by atoms with van der Waals surface area (Å²) in [6.45, 7) is 5.64. The first-order valence-corrected chi connectivity index (χ1v) is 16.6. The van der Waals surface area contributed by atoms with Gasteiger partial charge in [-0.05, 0) is 99.2 Å². The molecular weight excluding hydrogens is 560 g/mol. The molecule has 2 aliphatic carbocycles. The molecule has 1 saturated carbocycles. The number of sulfonamides is 1. The number of anilines is 1. The Labute approximate surface area is 248 Å². The summed E-state index contributed by atoms with van der Waals surface area (Å²) in [5.74, 6) is 0.282. The number of amides is 1. The quantitative estimate of drug-likeness (QED) is 0.395. The fourth-order valence-corrected chi connectivity index (χ4v) is 8.45. The molecular formula is C32H39ClN2O5S. The van der Waals surface area contributed by atoms with Crippen molar-refractivity contribution in [3.63, 3.8) is 0 Å². The molecule has 5 atom stereocenters. The summed E-state index contributed by atoms with van der Waals surface area (Å²) in [6.07, 6.45) is 8.82. The van der Waals surface area contributed by atoms with Gasteiger partial charge in [0.05, 0.1) is 23.6 Å². The molecule has 2 aliphatic heterocycles. The largest absolute Gasteiger partial charge is 0.490 e. The first-order chi connectivity index (χ1) is 19.5. The van der Waals surface area contributed by atoms with Crippen molar-refractivity contribution in [1.29, 1.82) is 0 Å². The highest BCUT2D eigenvalue weighted by molar-refractivity contribution is 7.90. The fraction of sp³-hybridized carbons (Fsp3) is 0.531. The van der Waals surface area contributed by atoms with Crippen LogP contribution in [0.2, 0.25) is 5.02 Å². The Morgan fingerprint density at radius 2 is 1.98 bits per heavy atom. The Hall–Kier alpha value is -2.55. The van der Waals surface area contributed by atoms with Crippen molar-refractivity contribution in [2.75, 3.05) is 24.6 Å². The number of aliphatic hydroxyl groups is 1. The molecule has 9 heteroatoms. The molecule has 0 saturated heterocycles. The van der Waals surface area contributed by atoms with Crippen LogP contribution in [-0.4, -0.2) is 50.5 Å². The molecule has 7 nitrogen and oxygen atoms in total. The van der Waals surface area contributed by atoms with E-state index >= 15 is 0 Å².